The van der Waals surface area contributed by atoms with Gasteiger partial charge in [-0.15, -0.1) is 0 Å². The summed E-state index contributed by atoms with van der Waals surface area (Å²) in [5.41, 5.74) is 0.611. The van der Waals surface area contributed by atoms with Crippen LogP contribution in [-0.4, -0.2) is 52.5 Å². The molecular weight excluding hydrogens is 296 g/mol. The monoisotopic (exact) mass is 320 g/mol. The van der Waals surface area contributed by atoms with E-state index in [1.54, 1.807) is 25.3 Å². The molecule has 2 heterocycles. The number of rotatable bonds is 5. The number of amides is 1. The predicted molar refractivity (Wildman–Crippen MR) is 86.2 cm³/mol. The van der Waals surface area contributed by atoms with Crippen LogP contribution in [0.25, 0.3) is 0 Å². The van der Waals surface area contributed by atoms with Gasteiger partial charge in [-0.05, 0) is 44.1 Å². The van der Waals surface area contributed by atoms with Gasteiger partial charge in [-0.2, -0.15) is 0 Å². The molecule has 0 saturated carbocycles. The van der Waals surface area contributed by atoms with Crippen molar-refractivity contribution in [1.82, 2.24) is 10.6 Å². The molecule has 1 amide bonds. The Hall–Kier alpha value is -1.79. The van der Waals surface area contributed by atoms with E-state index in [1.165, 1.54) is 0 Å². The molecular formula is C17H24N2O4. The first-order valence-electron chi connectivity index (χ1n) is 8.10. The molecule has 1 saturated heterocycles. The van der Waals surface area contributed by atoms with Gasteiger partial charge in [0, 0.05) is 24.6 Å². The first kappa shape index (κ1) is 16.1. The van der Waals surface area contributed by atoms with Gasteiger partial charge < -0.3 is 24.8 Å². The van der Waals surface area contributed by atoms with E-state index >= 15 is 0 Å². The molecule has 0 unspecified atom stereocenters. The predicted octanol–water partition coefficient (Wildman–Crippen LogP) is 1.20. The van der Waals surface area contributed by atoms with Crippen molar-refractivity contribution in [2.75, 3.05) is 46.6 Å². The normalized spacial score (nSPS) is 19.2. The van der Waals surface area contributed by atoms with Crippen LogP contribution in [0.2, 0.25) is 0 Å². The summed E-state index contributed by atoms with van der Waals surface area (Å²) >= 11 is 0. The third kappa shape index (κ3) is 3.76. The van der Waals surface area contributed by atoms with Crippen LogP contribution in [-0.2, 0) is 4.74 Å². The van der Waals surface area contributed by atoms with Crippen LogP contribution >= 0.6 is 0 Å². The highest BCUT2D eigenvalue weighted by Gasteiger charge is 2.32. The molecule has 2 N–H and O–H groups in total. The number of ether oxygens (including phenoxy) is 3. The minimum absolute atomic E-state index is 0.0173. The molecule has 1 fully saturated rings. The number of fused-ring (bicyclic) bond motifs is 1. The second-order valence-corrected chi connectivity index (χ2v) is 6.22. The summed E-state index contributed by atoms with van der Waals surface area (Å²) in [6.45, 7) is 4.27. The molecule has 6 heteroatoms. The fourth-order valence-corrected chi connectivity index (χ4v) is 3.19. The van der Waals surface area contributed by atoms with Crippen LogP contribution in [0.15, 0.2) is 18.2 Å². The highest BCUT2D eigenvalue weighted by molar-refractivity contribution is 5.94. The summed E-state index contributed by atoms with van der Waals surface area (Å²) in [6, 6.07) is 5.31. The molecule has 0 atom stereocenters. The second kappa shape index (κ2) is 7.19. The Balaban J connectivity index is 1.64. The molecule has 2 aliphatic heterocycles. The summed E-state index contributed by atoms with van der Waals surface area (Å²) in [5.74, 6) is 1.25. The van der Waals surface area contributed by atoms with Crippen molar-refractivity contribution in [3.63, 3.8) is 0 Å². The highest BCUT2D eigenvalue weighted by Crippen LogP contribution is 2.31. The maximum atomic E-state index is 12.5. The van der Waals surface area contributed by atoms with Crippen LogP contribution in [0, 0.1) is 5.41 Å². The number of hydrogen-bond acceptors (Lipinski definition) is 5. The summed E-state index contributed by atoms with van der Waals surface area (Å²) in [7, 11) is 1.71. The van der Waals surface area contributed by atoms with Crippen LogP contribution < -0.4 is 20.1 Å². The van der Waals surface area contributed by atoms with Gasteiger partial charge in [0.1, 0.15) is 13.2 Å². The van der Waals surface area contributed by atoms with E-state index in [-0.39, 0.29) is 11.3 Å². The van der Waals surface area contributed by atoms with Crippen molar-refractivity contribution in [3.05, 3.63) is 23.8 Å². The van der Waals surface area contributed by atoms with Crippen molar-refractivity contribution in [1.29, 1.82) is 0 Å². The molecule has 3 rings (SSSR count). The lowest BCUT2D eigenvalue weighted by atomic mass is 9.79. The molecule has 1 aromatic carbocycles. The summed E-state index contributed by atoms with van der Waals surface area (Å²) in [6.07, 6.45) is 2.00. The Morgan fingerprint density at radius 1 is 1.26 bits per heavy atom. The zero-order valence-electron chi connectivity index (χ0n) is 13.5. The Labute approximate surface area is 136 Å². The van der Waals surface area contributed by atoms with Gasteiger partial charge in [0.15, 0.2) is 11.5 Å². The highest BCUT2D eigenvalue weighted by atomic mass is 16.6. The third-order valence-corrected chi connectivity index (χ3v) is 4.54. The summed E-state index contributed by atoms with van der Waals surface area (Å²) in [4.78, 5) is 12.5. The largest absolute Gasteiger partial charge is 0.486 e. The molecule has 0 radical (unpaired) electrons. The van der Waals surface area contributed by atoms with E-state index in [2.05, 4.69) is 10.6 Å². The number of methoxy groups -OCH3 is 1. The van der Waals surface area contributed by atoms with E-state index in [9.17, 15) is 4.79 Å². The molecule has 0 aliphatic carbocycles. The van der Waals surface area contributed by atoms with Crippen molar-refractivity contribution in [2.24, 2.45) is 5.41 Å². The van der Waals surface area contributed by atoms with Crippen molar-refractivity contribution >= 4 is 5.91 Å². The van der Waals surface area contributed by atoms with Crippen LogP contribution in [0.5, 0.6) is 11.5 Å². The summed E-state index contributed by atoms with van der Waals surface area (Å²) in [5, 5.41) is 6.41. The van der Waals surface area contributed by atoms with Crippen LogP contribution in [0.3, 0.4) is 0 Å². The van der Waals surface area contributed by atoms with Gasteiger partial charge in [-0.25, -0.2) is 0 Å². The number of carbonyl (C=O) groups excluding carboxylic acids is 1. The molecule has 0 aromatic heterocycles. The lowest BCUT2D eigenvalue weighted by molar-refractivity contribution is 0.0511. The molecule has 1 aromatic rings. The van der Waals surface area contributed by atoms with E-state index < -0.39 is 0 Å². The molecule has 126 valence electrons. The number of nitrogens with one attached hydrogen (secondary N) is 2. The van der Waals surface area contributed by atoms with Gasteiger partial charge in [0.2, 0.25) is 0 Å². The lowest BCUT2D eigenvalue weighted by Crippen LogP contribution is -2.47. The molecule has 6 nitrogen and oxygen atoms in total. The first-order chi connectivity index (χ1) is 11.2. The van der Waals surface area contributed by atoms with E-state index in [0.29, 0.717) is 43.4 Å². The standard InChI is InChI=1S/C17H24N2O4/c1-21-12-17(4-6-18-7-5-17)11-19-16(20)13-2-3-14-15(10-13)23-9-8-22-14/h2-3,10,18H,4-9,11-12H2,1H3,(H,19,20). The Kier molecular flexibility index (Phi) is 5.03. The fourth-order valence-electron chi connectivity index (χ4n) is 3.19. The number of piperidine rings is 1. The molecule has 23 heavy (non-hydrogen) atoms. The topological polar surface area (TPSA) is 68.8 Å². The minimum atomic E-state index is -0.0871. The third-order valence-electron chi connectivity index (χ3n) is 4.54. The van der Waals surface area contributed by atoms with Crippen molar-refractivity contribution < 1.29 is 19.0 Å². The Bertz CT molecular complexity index is 550. The van der Waals surface area contributed by atoms with Gasteiger partial charge in [-0.1, -0.05) is 0 Å². The minimum Gasteiger partial charge on any atom is -0.486 e. The fraction of sp³-hybridized carbons (Fsp3) is 0.588. The number of hydrogen-bond donors (Lipinski definition) is 2. The Morgan fingerprint density at radius 2 is 2.00 bits per heavy atom. The van der Waals surface area contributed by atoms with Crippen LogP contribution in [0.1, 0.15) is 23.2 Å². The smallest absolute Gasteiger partial charge is 0.251 e. The van der Waals surface area contributed by atoms with Crippen LogP contribution in [0.4, 0.5) is 0 Å². The van der Waals surface area contributed by atoms with Gasteiger partial charge >= 0.3 is 0 Å². The van der Waals surface area contributed by atoms with Gasteiger partial charge in [-0.3, -0.25) is 4.79 Å². The maximum Gasteiger partial charge on any atom is 0.251 e. The average molecular weight is 320 g/mol. The van der Waals surface area contributed by atoms with Gasteiger partial charge in [0.05, 0.1) is 6.61 Å². The van der Waals surface area contributed by atoms with Crippen molar-refractivity contribution in [2.45, 2.75) is 12.8 Å². The summed E-state index contributed by atoms with van der Waals surface area (Å²) < 4.78 is 16.4. The average Bonchev–Trinajstić information content (AvgIpc) is 2.60. The Morgan fingerprint density at radius 3 is 2.74 bits per heavy atom. The number of benzene rings is 1. The maximum absolute atomic E-state index is 12.5. The molecule has 0 spiro atoms. The molecule has 2 aliphatic rings. The number of carbonyl (C=O) groups is 1. The van der Waals surface area contributed by atoms with Gasteiger partial charge in [0.25, 0.3) is 5.91 Å². The molecule has 0 bridgehead atoms. The van der Waals surface area contributed by atoms with Crippen molar-refractivity contribution in [3.8, 4) is 11.5 Å². The zero-order chi connectivity index (χ0) is 16.1. The van der Waals surface area contributed by atoms with E-state index in [4.69, 9.17) is 14.2 Å². The zero-order valence-corrected chi connectivity index (χ0v) is 13.5. The van der Waals surface area contributed by atoms with E-state index in [0.717, 1.165) is 25.9 Å². The quantitative estimate of drug-likeness (QED) is 0.853. The lowest BCUT2D eigenvalue weighted by Gasteiger charge is -2.37. The SMILES string of the molecule is COCC1(CNC(=O)c2ccc3c(c2)OCCO3)CCNCC1. The second-order valence-electron chi connectivity index (χ2n) is 6.22. The van der Waals surface area contributed by atoms with E-state index in [1.807, 2.05) is 0 Å². The first-order valence-corrected chi connectivity index (χ1v) is 8.10.